The number of likely N-dealkylation sites (tertiary alicyclic amines) is 1. The minimum absolute atomic E-state index is 0.0378. The van der Waals surface area contributed by atoms with E-state index in [0.717, 1.165) is 50.4 Å². The molecule has 0 spiro atoms. The Morgan fingerprint density at radius 1 is 1.35 bits per heavy atom. The minimum Gasteiger partial charge on any atom is -0.360 e. The van der Waals surface area contributed by atoms with Crippen molar-refractivity contribution in [1.29, 1.82) is 0 Å². The summed E-state index contributed by atoms with van der Waals surface area (Å²) in [5.41, 5.74) is 0.309. The van der Waals surface area contributed by atoms with Crippen molar-refractivity contribution in [1.82, 2.24) is 15.1 Å². The van der Waals surface area contributed by atoms with Crippen molar-refractivity contribution < 1.29 is 4.79 Å². The summed E-state index contributed by atoms with van der Waals surface area (Å²) < 4.78 is 0. The molecule has 1 fully saturated rings. The number of nitrogens with zero attached hydrogens (tertiary/aromatic N) is 3. The first-order valence-electron chi connectivity index (χ1n) is 7.50. The molecule has 0 unspecified atom stereocenters. The summed E-state index contributed by atoms with van der Waals surface area (Å²) in [4.78, 5) is 14.4. The van der Waals surface area contributed by atoms with E-state index in [4.69, 9.17) is 0 Å². The molecular weight excluding hydrogens is 272 g/mol. The Balaban J connectivity index is 2.00. The third kappa shape index (κ3) is 3.11. The summed E-state index contributed by atoms with van der Waals surface area (Å²) in [7, 11) is 0. The van der Waals surface area contributed by atoms with Crippen molar-refractivity contribution in [3.63, 3.8) is 0 Å². The van der Waals surface area contributed by atoms with E-state index in [-0.39, 0.29) is 5.91 Å². The minimum atomic E-state index is 0.0378. The molecule has 20 heavy (non-hydrogen) atoms. The third-order valence-electron chi connectivity index (χ3n) is 4.36. The van der Waals surface area contributed by atoms with Gasteiger partial charge in [-0.1, -0.05) is 32.1 Å². The molecule has 1 aliphatic rings. The van der Waals surface area contributed by atoms with Gasteiger partial charge in [-0.2, -0.15) is 0 Å². The smallest absolute Gasteiger partial charge is 0.284 e. The average Bonchev–Trinajstić information content (AvgIpc) is 3.12. The third-order valence-corrected chi connectivity index (χ3v) is 5.23. The van der Waals surface area contributed by atoms with E-state index in [0.29, 0.717) is 10.4 Å². The van der Waals surface area contributed by atoms with Gasteiger partial charge < -0.3 is 10.2 Å². The first-order valence-corrected chi connectivity index (χ1v) is 8.32. The van der Waals surface area contributed by atoms with Crippen LogP contribution >= 0.6 is 11.3 Å². The first-order chi connectivity index (χ1) is 9.64. The van der Waals surface area contributed by atoms with Gasteiger partial charge in [-0.3, -0.25) is 4.79 Å². The molecule has 1 amide bonds. The molecule has 1 N–H and O–H groups in total. The van der Waals surface area contributed by atoms with Crippen LogP contribution in [0.25, 0.3) is 0 Å². The molecule has 2 heterocycles. The predicted molar refractivity (Wildman–Crippen MR) is 82.2 cm³/mol. The van der Waals surface area contributed by atoms with Crippen molar-refractivity contribution >= 4 is 22.4 Å². The molecular formula is C14H24N4OS. The van der Waals surface area contributed by atoms with E-state index in [1.165, 1.54) is 11.3 Å². The van der Waals surface area contributed by atoms with Crippen molar-refractivity contribution in [2.24, 2.45) is 5.41 Å². The van der Waals surface area contributed by atoms with Crippen LogP contribution in [-0.2, 0) is 0 Å². The highest BCUT2D eigenvalue weighted by molar-refractivity contribution is 7.17. The van der Waals surface area contributed by atoms with Crippen LogP contribution in [0.5, 0.6) is 0 Å². The summed E-state index contributed by atoms with van der Waals surface area (Å²) in [6, 6.07) is 0. The molecule has 1 aliphatic heterocycles. The Kier molecular flexibility index (Phi) is 4.96. The number of amides is 1. The molecule has 0 aliphatic carbocycles. The van der Waals surface area contributed by atoms with Crippen molar-refractivity contribution in [3.05, 3.63) is 5.01 Å². The van der Waals surface area contributed by atoms with Gasteiger partial charge in [0.25, 0.3) is 5.91 Å². The number of nitrogens with one attached hydrogen (secondary N) is 1. The zero-order valence-electron chi connectivity index (χ0n) is 12.6. The zero-order valence-corrected chi connectivity index (χ0v) is 13.4. The Morgan fingerprint density at radius 2 is 2.10 bits per heavy atom. The van der Waals surface area contributed by atoms with E-state index in [1.807, 2.05) is 4.90 Å². The maximum absolute atomic E-state index is 12.5. The molecule has 6 heteroatoms. The summed E-state index contributed by atoms with van der Waals surface area (Å²) in [6.45, 7) is 9.10. The summed E-state index contributed by atoms with van der Waals surface area (Å²) >= 11 is 1.36. The van der Waals surface area contributed by atoms with Crippen LogP contribution in [-0.4, -0.2) is 40.6 Å². The van der Waals surface area contributed by atoms with Crippen molar-refractivity contribution in [2.75, 3.05) is 25.0 Å². The van der Waals surface area contributed by atoms with Gasteiger partial charge >= 0.3 is 0 Å². The lowest BCUT2D eigenvalue weighted by Gasteiger charge is -2.25. The second kappa shape index (κ2) is 6.52. The number of hydrogen-bond acceptors (Lipinski definition) is 5. The van der Waals surface area contributed by atoms with E-state index in [2.05, 4.69) is 36.3 Å². The highest BCUT2D eigenvalue weighted by Crippen LogP contribution is 2.37. The molecule has 0 aromatic carbocycles. The monoisotopic (exact) mass is 296 g/mol. The number of rotatable bonds is 6. The largest absolute Gasteiger partial charge is 0.360 e. The topological polar surface area (TPSA) is 58.1 Å². The van der Waals surface area contributed by atoms with Gasteiger partial charge in [0, 0.05) is 19.6 Å². The fourth-order valence-electron chi connectivity index (χ4n) is 2.68. The first kappa shape index (κ1) is 15.2. The highest BCUT2D eigenvalue weighted by Gasteiger charge is 2.38. The molecule has 0 atom stereocenters. The van der Waals surface area contributed by atoms with E-state index in [1.54, 1.807) is 0 Å². The fraction of sp³-hybridized carbons (Fsp3) is 0.786. The van der Waals surface area contributed by atoms with Gasteiger partial charge in [0.05, 0.1) is 0 Å². The van der Waals surface area contributed by atoms with E-state index in [9.17, 15) is 4.79 Å². The summed E-state index contributed by atoms with van der Waals surface area (Å²) in [5, 5.41) is 12.5. The molecule has 2 rings (SSSR count). The molecule has 1 aromatic rings. The van der Waals surface area contributed by atoms with Gasteiger partial charge in [-0.15, -0.1) is 10.2 Å². The van der Waals surface area contributed by atoms with Crippen LogP contribution in [0, 0.1) is 5.41 Å². The molecule has 0 saturated carbocycles. The van der Waals surface area contributed by atoms with Gasteiger partial charge in [-0.05, 0) is 31.1 Å². The van der Waals surface area contributed by atoms with Crippen LogP contribution in [0.2, 0.25) is 0 Å². The standard InChI is InChI=1S/C14H24N4OS/c1-4-8-15-13-17-16-11(20-13)12(19)18-9-7-14(5-2,6-3)10-18/h4-10H2,1-3H3,(H,15,17). The van der Waals surface area contributed by atoms with Crippen molar-refractivity contribution in [2.45, 2.75) is 46.5 Å². The molecule has 0 bridgehead atoms. The maximum atomic E-state index is 12.5. The number of carbonyl (C=O) groups is 1. The second-order valence-corrected chi connectivity index (χ2v) is 6.50. The number of hydrogen-bond donors (Lipinski definition) is 1. The van der Waals surface area contributed by atoms with Crippen LogP contribution in [0.15, 0.2) is 0 Å². The van der Waals surface area contributed by atoms with Gasteiger partial charge in [0.1, 0.15) is 0 Å². The predicted octanol–water partition coefficient (Wildman–Crippen LogP) is 3.01. The molecule has 1 saturated heterocycles. The number of anilines is 1. The lowest BCUT2D eigenvalue weighted by Crippen LogP contribution is -2.31. The maximum Gasteiger partial charge on any atom is 0.284 e. The van der Waals surface area contributed by atoms with Crippen LogP contribution in [0.3, 0.4) is 0 Å². The number of aromatic nitrogens is 2. The lowest BCUT2D eigenvalue weighted by atomic mass is 9.82. The summed E-state index contributed by atoms with van der Waals surface area (Å²) in [5.74, 6) is 0.0378. The Morgan fingerprint density at radius 3 is 2.70 bits per heavy atom. The van der Waals surface area contributed by atoms with E-state index >= 15 is 0 Å². The van der Waals surface area contributed by atoms with Crippen molar-refractivity contribution in [3.8, 4) is 0 Å². The van der Waals surface area contributed by atoms with Crippen LogP contribution < -0.4 is 5.32 Å². The zero-order chi connectivity index (χ0) is 14.6. The lowest BCUT2D eigenvalue weighted by molar-refractivity contribution is 0.0768. The fourth-order valence-corrected chi connectivity index (χ4v) is 3.42. The van der Waals surface area contributed by atoms with Gasteiger partial charge in [-0.25, -0.2) is 0 Å². The van der Waals surface area contributed by atoms with Gasteiger partial charge in [0.2, 0.25) is 10.1 Å². The Bertz CT molecular complexity index is 456. The van der Waals surface area contributed by atoms with Crippen LogP contribution in [0.4, 0.5) is 5.13 Å². The van der Waals surface area contributed by atoms with Crippen LogP contribution in [0.1, 0.15) is 56.3 Å². The molecule has 0 radical (unpaired) electrons. The second-order valence-electron chi connectivity index (χ2n) is 5.52. The Labute approximate surface area is 124 Å². The molecule has 1 aromatic heterocycles. The quantitative estimate of drug-likeness (QED) is 0.876. The summed E-state index contributed by atoms with van der Waals surface area (Å²) in [6.07, 6.45) is 4.40. The highest BCUT2D eigenvalue weighted by atomic mass is 32.1. The molecule has 5 nitrogen and oxygen atoms in total. The van der Waals surface area contributed by atoms with Gasteiger partial charge in [0.15, 0.2) is 0 Å². The van der Waals surface area contributed by atoms with E-state index < -0.39 is 0 Å². The SMILES string of the molecule is CCCNc1nnc(C(=O)N2CCC(CC)(CC)C2)s1. The average molecular weight is 296 g/mol. The normalized spacial score (nSPS) is 17.4. The Hall–Kier alpha value is -1.17. The number of carbonyl (C=O) groups excluding carboxylic acids is 1. The molecule has 112 valence electrons.